The van der Waals surface area contributed by atoms with Crippen molar-refractivity contribution in [2.24, 2.45) is 0 Å². The lowest BCUT2D eigenvalue weighted by molar-refractivity contribution is -0.206. The third kappa shape index (κ3) is 4.34. The van der Waals surface area contributed by atoms with E-state index in [2.05, 4.69) is 9.97 Å². The highest BCUT2D eigenvalue weighted by atomic mass is 32.2. The molecule has 3 aromatic rings. The minimum atomic E-state index is -4.80. The molecule has 0 bridgehead atoms. The van der Waals surface area contributed by atoms with Crippen LogP contribution in [0.25, 0.3) is 10.8 Å². The van der Waals surface area contributed by atoms with Gasteiger partial charge in [0.15, 0.2) is 6.10 Å². The van der Waals surface area contributed by atoms with Crippen molar-refractivity contribution >= 4 is 26.7 Å². The molecule has 1 aromatic heterocycles. The van der Waals surface area contributed by atoms with Crippen LogP contribution in [-0.4, -0.2) is 60.2 Å². The van der Waals surface area contributed by atoms with Crippen molar-refractivity contribution in [2.75, 3.05) is 31.1 Å². The first-order valence-electron chi connectivity index (χ1n) is 9.47. The third-order valence-electron chi connectivity index (χ3n) is 5.16. The average Bonchev–Trinajstić information content (AvgIpc) is 2.78. The zero-order chi connectivity index (χ0) is 22.2. The highest BCUT2D eigenvalue weighted by Crippen LogP contribution is 2.32. The van der Waals surface area contributed by atoms with E-state index in [0.717, 1.165) is 23.2 Å². The topological polar surface area (TPSA) is 86.6 Å². The molecule has 0 radical (unpaired) electrons. The van der Waals surface area contributed by atoms with E-state index in [9.17, 15) is 26.7 Å². The molecule has 1 saturated heterocycles. The van der Waals surface area contributed by atoms with E-state index in [0.29, 0.717) is 0 Å². The van der Waals surface area contributed by atoms with E-state index >= 15 is 0 Å². The zero-order valence-corrected chi connectivity index (χ0v) is 17.0. The van der Waals surface area contributed by atoms with Gasteiger partial charge in [-0.05, 0) is 22.9 Å². The molecule has 11 heteroatoms. The summed E-state index contributed by atoms with van der Waals surface area (Å²) in [5.41, 5.74) is -0.450. The summed E-state index contributed by atoms with van der Waals surface area (Å²) in [6.45, 7) is 0.943. The molecular weight excluding hydrogens is 433 g/mol. The molecule has 2 heterocycles. The van der Waals surface area contributed by atoms with Gasteiger partial charge in [0, 0.05) is 44.1 Å². The highest BCUT2D eigenvalue weighted by Gasteiger charge is 2.40. The number of fused-ring (bicyclic) bond motifs is 1. The first-order valence-corrected chi connectivity index (χ1v) is 10.9. The van der Waals surface area contributed by atoms with Crippen LogP contribution in [0, 0.1) is 0 Å². The number of hydrogen-bond acceptors (Lipinski definition) is 6. The summed E-state index contributed by atoms with van der Waals surface area (Å²) in [5, 5.41) is 11.0. The summed E-state index contributed by atoms with van der Waals surface area (Å²) >= 11 is 0. The molecule has 164 valence electrons. The predicted molar refractivity (Wildman–Crippen MR) is 108 cm³/mol. The van der Waals surface area contributed by atoms with Crippen molar-refractivity contribution in [1.82, 2.24) is 14.3 Å². The molecule has 0 aliphatic carbocycles. The number of halogens is 3. The zero-order valence-electron chi connectivity index (χ0n) is 16.2. The first-order chi connectivity index (χ1) is 14.7. The minimum Gasteiger partial charge on any atom is -0.379 e. The van der Waals surface area contributed by atoms with Crippen molar-refractivity contribution in [3.63, 3.8) is 0 Å². The monoisotopic (exact) mass is 452 g/mol. The van der Waals surface area contributed by atoms with Crippen LogP contribution in [0.15, 0.2) is 59.8 Å². The number of aliphatic hydroxyl groups is 1. The Morgan fingerprint density at radius 2 is 1.55 bits per heavy atom. The maximum atomic E-state index is 13.0. The Balaban J connectivity index is 1.45. The summed E-state index contributed by atoms with van der Waals surface area (Å²) in [6, 6.07) is 12.5. The number of anilines is 1. The van der Waals surface area contributed by atoms with Gasteiger partial charge in [0.2, 0.25) is 16.0 Å². The normalized spacial score (nSPS) is 17.1. The fourth-order valence-corrected chi connectivity index (χ4v) is 4.89. The molecule has 1 unspecified atom stereocenters. The standard InChI is InChI=1S/C20H19F3N4O3S/c21-20(22,23)18(28)16-12-24-19(25-13-16)26-7-9-27(10-8-26)31(29,30)17-6-5-14-3-1-2-4-15(14)11-17/h1-6,11-13,18,28H,7-10H2. The number of nitrogens with zero attached hydrogens (tertiary/aromatic N) is 4. The second-order valence-electron chi connectivity index (χ2n) is 7.16. The maximum Gasteiger partial charge on any atom is 0.418 e. The molecule has 0 amide bonds. The van der Waals surface area contributed by atoms with E-state index in [1.165, 1.54) is 4.31 Å². The van der Waals surface area contributed by atoms with Crippen LogP contribution >= 0.6 is 0 Å². The van der Waals surface area contributed by atoms with E-state index in [1.807, 2.05) is 24.3 Å². The van der Waals surface area contributed by atoms with Gasteiger partial charge >= 0.3 is 6.18 Å². The van der Waals surface area contributed by atoms with Crippen molar-refractivity contribution in [1.29, 1.82) is 0 Å². The summed E-state index contributed by atoms with van der Waals surface area (Å²) in [5.74, 6) is 0.181. The van der Waals surface area contributed by atoms with Crippen LogP contribution in [0.1, 0.15) is 11.7 Å². The van der Waals surface area contributed by atoms with Crippen molar-refractivity contribution < 1.29 is 26.7 Å². The Labute approximate surface area is 176 Å². The van der Waals surface area contributed by atoms with Crippen LogP contribution < -0.4 is 4.90 Å². The predicted octanol–water partition coefficient (Wildman–Crippen LogP) is 2.74. The van der Waals surface area contributed by atoms with E-state index in [1.54, 1.807) is 23.1 Å². The van der Waals surface area contributed by atoms with Gasteiger partial charge in [-0.1, -0.05) is 30.3 Å². The number of hydrogen-bond donors (Lipinski definition) is 1. The van der Waals surface area contributed by atoms with Crippen LogP contribution in [-0.2, 0) is 10.0 Å². The lowest BCUT2D eigenvalue weighted by atomic mass is 10.1. The maximum absolute atomic E-state index is 13.0. The van der Waals surface area contributed by atoms with Gasteiger partial charge in [0.05, 0.1) is 4.90 Å². The molecule has 1 aliphatic heterocycles. The van der Waals surface area contributed by atoms with Crippen LogP contribution in [0.3, 0.4) is 0 Å². The van der Waals surface area contributed by atoms with Crippen LogP contribution in [0.5, 0.6) is 0 Å². The quantitative estimate of drug-likeness (QED) is 0.655. The molecule has 0 spiro atoms. The molecule has 1 fully saturated rings. The Bertz CT molecular complexity index is 1180. The Kier molecular flexibility index (Phi) is 5.58. The SMILES string of the molecule is O=S(=O)(c1ccc2ccccc2c1)N1CCN(c2ncc(C(O)C(F)(F)F)cn2)CC1. The molecule has 0 saturated carbocycles. The Morgan fingerprint density at radius 3 is 2.16 bits per heavy atom. The van der Waals surface area contributed by atoms with Crippen LogP contribution in [0.4, 0.5) is 19.1 Å². The minimum absolute atomic E-state index is 0.181. The van der Waals surface area contributed by atoms with E-state index in [4.69, 9.17) is 0 Å². The van der Waals surface area contributed by atoms with Gasteiger partial charge in [0.1, 0.15) is 0 Å². The number of aliphatic hydroxyl groups excluding tert-OH is 1. The van der Waals surface area contributed by atoms with Gasteiger partial charge in [-0.2, -0.15) is 17.5 Å². The number of piperazine rings is 1. The third-order valence-corrected chi connectivity index (χ3v) is 7.06. The van der Waals surface area contributed by atoms with Crippen molar-refractivity contribution in [3.05, 3.63) is 60.4 Å². The lowest BCUT2D eigenvalue weighted by Gasteiger charge is -2.34. The number of rotatable bonds is 4. The fraction of sp³-hybridized carbons (Fsp3) is 0.300. The summed E-state index contributed by atoms with van der Waals surface area (Å²) < 4.78 is 65.2. The smallest absolute Gasteiger partial charge is 0.379 e. The van der Waals surface area contributed by atoms with E-state index < -0.39 is 27.9 Å². The Hall–Kier alpha value is -2.76. The number of aromatic nitrogens is 2. The average molecular weight is 452 g/mol. The number of alkyl halides is 3. The summed E-state index contributed by atoms with van der Waals surface area (Å²) in [6.07, 6.45) is -5.59. The van der Waals surface area contributed by atoms with Gasteiger partial charge < -0.3 is 10.0 Å². The van der Waals surface area contributed by atoms with Crippen LogP contribution in [0.2, 0.25) is 0 Å². The second-order valence-corrected chi connectivity index (χ2v) is 9.10. The Morgan fingerprint density at radius 1 is 0.935 bits per heavy atom. The molecule has 1 atom stereocenters. The summed E-state index contributed by atoms with van der Waals surface area (Å²) in [7, 11) is -3.69. The highest BCUT2D eigenvalue weighted by molar-refractivity contribution is 7.89. The molecule has 31 heavy (non-hydrogen) atoms. The van der Waals surface area contributed by atoms with Gasteiger partial charge in [-0.3, -0.25) is 0 Å². The van der Waals surface area contributed by atoms with Gasteiger partial charge in [-0.15, -0.1) is 0 Å². The second kappa shape index (κ2) is 8.06. The number of benzene rings is 2. The molecular formula is C20H19F3N4O3S. The van der Waals surface area contributed by atoms with Crippen molar-refractivity contribution in [3.8, 4) is 0 Å². The van der Waals surface area contributed by atoms with Gasteiger partial charge in [-0.25, -0.2) is 18.4 Å². The molecule has 1 aliphatic rings. The van der Waals surface area contributed by atoms with Crippen molar-refractivity contribution in [2.45, 2.75) is 17.2 Å². The fourth-order valence-electron chi connectivity index (χ4n) is 3.43. The number of sulfonamides is 1. The lowest BCUT2D eigenvalue weighted by Crippen LogP contribution is -2.49. The first kappa shape index (κ1) is 21.5. The molecule has 1 N–H and O–H groups in total. The summed E-state index contributed by atoms with van der Waals surface area (Å²) in [4.78, 5) is 9.71. The van der Waals surface area contributed by atoms with Gasteiger partial charge in [0.25, 0.3) is 0 Å². The van der Waals surface area contributed by atoms with E-state index in [-0.39, 0.29) is 37.0 Å². The largest absolute Gasteiger partial charge is 0.418 e. The molecule has 4 rings (SSSR count). The molecule has 7 nitrogen and oxygen atoms in total. The molecule has 2 aromatic carbocycles.